The fourth-order valence-corrected chi connectivity index (χ4v) is 3.46. The fourth-order valence-electron chi connectivity index (χ4n) is 2.89. The number of nitrogens with one attached hydrogen (secondary N) is 1. The highest BCUT2D eigenvalue weighted by molar-refractivity contribution is 6.34. The predicted octanol–water partition coefficient (Wildman–Crippen LogP) is 5.30. The Bertz CT molecular complexity index is 1240. The number of halogens is 2. The molecule has 0 aliphatic carbocycles. The van der Waals surface area contributed by atoms with Crippen molar-refractivity contribution >= 4 is 45.8 Å². The molecule has 0 aliphatic heterocycles. The number of methoxy groups -OCH3 is 1. The Morgan fingerprint density at radius 2 is 1.76 bits per heavy atom. The highest BCUT2D eigenvalue weighted by atomic mass is 35.5. The Kier molecular flexibility index (Phi) is 5.13. The third-order valence-corrected chi connectivity index (χ3v) is 4.98. The maximum absolute atomic E-state index is 12.5. The maximum Gasteiger partial charge on any atom is 0.257 e. The molecule has 0 fully saturated rings. The molecule has 0 aliphatic rings. The first-order valence-corrected chi connectivity index (χ1v) is 9.49. The van der Waals surface area contributed by atoms with E-state index in [-0.39, 0.29) is 5.91 Å². The Labute approximate surface area is 177 Å². The summed E-state index contributed by atoms with van der Waals surface area (Å²) in [5.41, 5.74) is 4.01. The summed E-state index contributed by atoms with van der Waals surface area (Å²) in [6, 6.07) is 15.9. The first-order chi connectivity index (χ1) is 13.9. The third kappa shape index (κ3) is 3.90. The van der Waals surface area contributed by atoms with Gasteiger partial charge in [-0.05, 0) is 61.0 Å². The van der Waals surface area contributed by atoms with Crippen LogP contribution >= 0.6 is 23.2 Å². The van der Waals surface area contributed by atoms with Gasteiger partial charge in [0.1, 0.15) is 16.8 Å². The standard InChI is InChI=1S/C21H16Cl2N4O2/c1-12-3-6-15(16(22)9-12)21(28)24-13-4-7-18-19(10-13)26-27(25-18)14-5-8-20(29-2)17(23)11-14/h3-11H,1-2H3,(H,24,28). The molecule has 1 heterocycles. The molecule has 4 aromatic rings. The van der Waals surface area contributed by atoms with Gasteiger partial charge in [-0.2, -0.15) is 4.80 Å². The van der Waals surface area contributed by atoms with Crippen LogP contribution in [0.15, 0.2) is 54.6 Å². The predicted molar refractivity (Wildman–Crippen MR) is 115 cm³/mol. The summed E-state index contributed by atoms with van der Waals surface area (Å²) >= 11 is 12.4. The van der Waals surface area contributed by atoms with Crippen molar-refractivity contribution < 1.29 is 9.53 Å². The van der Waals surface area contributed by atoms with E-state index in [2.05, 4.69) is 15.5 Å². The van der Waals surface area contributed by atoms with Crippen molar-refractivity contribution in [2.75, 3.05) is 12.4 Å². The van der Waals surface area contributed by atoms with Gasteiger partial charge in [0, 0.05) is 5.69 Å². The number of carbonyl (C=O) groups is 1. The van der Waals surface area contributed by atoms with Crippen LogP contribution in [0.5, 0.6) is 5.75 Å². The second kappa shape index (κ2) is 7.73. The van der Waals surface area contributed by atoms with E-state index in [4.69, 9.17) is 27.9 Å². The number of ether oxygens (including phenoxy) is 1. The zero-order chi connectivity index (χ0) is 20.5. The molecule has 0 bridgehead atoms. The maximum atomic E-state index is 12.5. The van der Waals surface area contributed by atoms with Crippen LogP contribution in [0.2, 0.25) is 10.0 Å². The molecular weight excluding hydrogens is 411 g/mol. The lowest BCUT2D eigenvalue weighted by molar-refractivity contribution is 0.102. The van der Waals surface area contributed by atoms with E-state index in [1.165, 1.54) is 4.80 Å². The molecule has 0 unspecified atom stereocenters. The Hall–Kier alpha value is -3.09. The topological polar surface area (TPSA) is 69.0 Å². The molecule has 1 amide bonds. The summed E-state index contributed by atoms with van der Waals surface area (Å²) < 4.78 is 5.17. The van der Waals surface area contributed by atoms with Crippen molar-refractivity contribution in [3.63, 3.8) is 0 Å². The molecule has 29 heavy (non-hydrogen) atoms. The Balaban J connectivity index is 1.61. The SMILES string of the molecule is COc1ccc(-n2nc3ccc(NC(=O)c4ccc(C)cc4Cl)cc3n2)cc1Cl. The molecule has 0 saturated heterocycles. The quantitative estimate of drug-likeness (QED) is 0.480. The summed E-state index contributed by atoms with van der Waals surface area (Å²) in [7, 11) is 1.56. The molecule has 1 N–H and O–H groups in total. The first-order valence-electron chi connectivity index (χ1n) is 8.73. The summed E-state index contributed by atoms with van der Waals surface area (Å²) in [4.78, 5) is 14.0. The number of aromatic nitrogens is 3. The van der Waals surface area contributed by atoms with Crippen LogP contribution in [0.4, 0.5) is 5.69 Å². The number of amides is 1. The molecule has 8 heteroatoms. The number of aryl methyl sites for hydroxylation is 1. The third-order valence-electron chi connectivity index (χ3n) is 4.37. The van der Waals surface area contributed by atoms with Gasteiger partial charge in [-0.3, -0.25) is 4.79 Å². The highest BCUT2D eigenvalue weighted by Gasteiger charge is 2.13. The van der Waals surface area contributed by atoms with Gasteiger partial charge in [-0.15, -0.1) is 10.2 Å². The minimum atomic E-state index is -0.288. The average Bonchev–Trinajstić information content (AvgIpc) is 3.11. The van der Waals surface area contributed by atoms with Crippen molar-refractivity contribution in [3.8, 4) is 11.4 Å². The van der Waals surface area contributed by atoms with Gasteiger partial charge in [0.15, 0.2) is 0 Å². The van der Waals surface area contributed by atoms with E-state index in [0.29, 0.717) is 43.8 Å². The van der Waals surface area contributed by atoms with Gasteiger partial charge >= 0.3 is 0 Å². The summed E-state index contributed by atoms with van der Waals surface area (Å²) in [6.07, 6.45) is 0. The number of fused-ring (bicyclic) bond motifs is 1. The van der Waals surface area contributed by atoms with E-state index < -0.39 is 0 Å². The number of nitrogens with zero attached hydrogens (tertiary/aromatic N) is 3. The second-order valence-electron chi connectivity index (χ2n) is 6.45. The molecular formula is C21H16Cl2N4O2. The number of benzene rings is 3. The van der Waals surface area contributed by atoms with Gasteiger partial charge in [0.05, 0.1) is 28.4 Å². The van der Waals surface area contributed by atoms with Crippen LogP contribution < -0.4 is 10.1 Å². The van der Waals surface area contributed by atoms with E-state index >= 15 is 0 Å². The van der Waals surface area contributed by atoms with Gasteiger partial charge < -0.3 is 10.1 Å². The van der Waals surface area contributed by atoms with Crippen molar-refractivity contribution in [1.82, 2.24) is 15.0 Å². The van der Waals surface area contributed by atoms with Gasteiger partial charge in [-0.1, -0.05) is 29.3 Å². The average molecular weight is 427 g/mol. The van der Waals surface area contributed by atoms with Crippen molar-refractivity contribution in [2.45, 2.75) is 6.92 Å². The lowest BCUT2D eigenvalue weighted by Gasteiger charge is -2.07. The molecule has 0 radical (unpaired) electrons. The minimum Gasteiger partial charge on any atom is -0.495 e. The molecule has 0 saturated carbocycles. The molecule has 3 aromatic carbocycles. The zero-order valence-electron chi connectivity index (χ0n) is 15.6. The van der Waals surface area contributed by atoms with Crippen LogP contribution in [0.3, 0.4) is 0 Å². The van der Waals surface area contributed by atoms with Gasteiger partial charge in [0.2, 0.25) is 0 Å². The van der Waals surface area contributed by atoms with Gasteiger partial charge in [0.25, 0.3) is 5.91 Å². The minimum absolute atomic E-state index is 0.288. The largest absolute Gasteiger partial charge is 0.495 e. The monoisotopic (exact) mass is 426 g/mol. The van der Waals surface area contributed by atoms with Crippen molar-refractivity contribution in [1.29, 1.82) is 0 Å². The van der Waals surface area contributed by atoms with E-state index in [1.54, 1.807) is 49.6 Å². The van der Waals surface area contributed by atoms with Gasteiger partial charge in [-0.25, -0.2) is 0 Å². The summed E-state index contributed by atoms with van der Waals surface area (Å²) in [5, 5.41) is 12.7. The first kappa shape index (κ1) is 19.2. The van der Waals surface area contributed by atoms with Crippen LogP contribution in [-0.4, -0.2) is 28.0 Å². The normalized spacial score (nSPS) is 10.9. The molecule has 4 rings (SSSR count). The highest BCUT2D eigenvalue weighted by Crippen LogP contribution is 2.27. The number of rotatable bonds is 4. The number of hydrogen-bond acceptors (Lipinski definition) is 4. The van der Waals surface area contributed by atoms with Crippen LogP contribution in [0.1, 0.15) is 15.9 Å². The Morgan fingerprint density at radius 3 is 2.48 bits per heavy atom. The number of hydrogen-bond donors (Lipinski definition) is 1. The van der Waals surface area contributed by atoms with Crippen molar-refractivity contribution in [3.05, 3.63) is 75.8 Å². The fraction of sp³-hybridized carbons (Fsp3) is 0.0952. The van der Waals surface area contributed by atoms with E-state index in [9.17, 15) is 4.79 Å². The summed E-state index contributed by atoms with van der Waals surface area (Å²) in [5.74, 6) is 0.288. The second-order valence-corrected chi connectivity index (χ2v) is 7.26. The zero-order valence-corrected chi connectivity index (χ0v) is 17.1. The molecule has 0 atom stereocenters. The van der Waals surface area contributed by atoms with Crippen LogP contribution in [0.25, 0.3) is 16.7 Å². The molecule has 146 valence electrons. The molecule has 1 aromatic heterocycles. The Morgan fingerprint density at radius 1 is 0.966 bits per heavy atom. The van der Waals surface area contributed by atoms with E-state index in [0.717, 1.165) is 5.56 Å². The van der Waals surface area contributed by atoms with E-state index in [1.807, 2.05) is 19.1 Å². The molecule has 0 spiro atoms. The van der Waals surface area contributed by atoms with Crippen LogP contribution in [-0.2, 0) is 0 Å². The van der Waals surface area contributed by atoms with Crippen LogP contribution in [0, 0.1) is 6.92 Å². The molecule has 6 nitrogen and oxygen atoms in total. The lowest BCUT2D eigenvalue weighted by atomic mass is 10.1. The van der Waals surface area contributed by atoms with Crippen molar-refractivity contribution in [2.24, 2.45) is 0 Å². The lowest BCUT2D eigenvalue weighted by Crippen LogP contribution is -2.12. The summed E-state index contributed by atoms with van der Waals surface area (Å²) in [6.45, 7) is 1.92. The number of anilines is 1. The smallest absolute Gasteiger partial charge is 0.257 e. The number of carbonyl (C=O) groups excluding carboxylic acids is 1.